The molecule has 0 radical (unpaired) electrons. The Morgan fingerprint density at radius 3 is 2.37 bits per heavy atom. The van der Waals surface area contributed by atoms with Gasteiger partial charge in [-0.1, -0.05) is 31.6 Å². The lowest BCUT2D eigenvalue weighted by molar-refractivity contribution is -0.157. The molecule has 0 saturated heterocycles. The molecule has 0 unspecified atom stereocenters. The van der Waals surface area contributed by atoms with Crippen molar-refractivity contribution in [1.29, 1.82) is 0 Å². The smallest absolute Gasteiger partial charge is 0.314 e. The van der Waals surface area contributed by atoms with Crippen molar-refractivity contribution in [3.63, 3.8) is 0 Å². The Kier molecular flexibility index (Phi) is 5.80. The molecule has 1 rings (SSSR count). The van der Waals surface area contributed by atoms with Crippen molar-refractivity contribution < 1.29 is 19.1 Å². The maximum absolute atomic E-state index is 12.1. The SMILES string of the molecule is C/C=C1\C=C[C@@H](CCC)[C@@H](C(=O)OC)[C@@H]1C(=O)OC. The summed E-state index contributed by atoms with van der Waals surface area (Å²) in [5.74, 6) is -1.77. The number of carbonyl (C=O) groups is 2. The van der Waals surface area contributed by atoms with Crippen molar-refractivity contribution in [1.82, 2.24) is 0 Å². The number of esters is 2. The summed E-state index contributed by atoms with van der Waals surface area (Å²) in [6.07, 6.45) is 7.56. The number of allylic oxidation sites excluding steroid dienone is 3. The number of methoxy groups -OCH3 is 2. The highest BCUT2D eigenvalue weighted by molar-refractivity contribution is 5.86. The van der Waals surface area contributed by atoms with Crippen LogP contribution in [-0.4, -0.2) is 26.2 Å². The molecule has 1 aliphatic carbocycles. The van der Waals surface area contributed by atoms with E-state index in [9.17, 15) is 9.59 Å². The van der Waals surface area contributed by atoms with Crippen molar-refractivity contribution in [2.45, 2.75) is 26.7 Å². The second-order valence-electron chi connectivity index (χ2n) is 4.65. The van der Waals surface area contributed by atoms with Gasteiger partial charge in [-0.15, -0.1) is 0 Å². The molecule has 0 heterocycles. The van der Waals surface area contributed by atoms with E-state index >= 15 is 0 Å². The van der Waals surface area contributed by atoms with Gasteiger partial charge in [-0.25, -0.2) is 0 Å². The highest BCUT2D eigenvalue weighted by Gasteiger charge is 2.43. The van der Waals surface area contributed by atoms with Gasteiger partial charge in [-0.05, 0) is 24.8 Å². The Balaban J connectivity index is 3.20. The maximum Gasteiger partial charge on any atom is 0.314 e. The van der Waals surface area contributed by atoms with Gasteiger partial charge >= 0.3 is 11.9 Å². The standard InChI is InChI=1S/C15H22O4/c1-5-7-11-9-8-10(6-2)12(14(16)18-3)13(11)15(17)19-4/h6,8-9,11-13H,5,7H2,1-4H3/b10-6+/t11-,12-,13-/m1/s1. The number of carbonyl (C=O) groups excluding carboxylic acids is 2. The summed E-state index contributed by atoms with van der Waals surface area (Å²) in [6, 6.07) is 0. The molecule has 0 aromatic carbocycles. The molecular weight excluding hydrogens is 244 g/mol. The van der Waals surface area contributed by atoms with Crippen molar-refractivity contribution in [3.8, 4) is 0 Å². The molecule has 1 aliphatic rings. The van der Waals surface area contributed by atoms with Gasteiger partial charge in [0.15, 0.2) is 0 Å². The minimum Gasteiger partial charge on any atom is -0.469 e. The van der Waals surface area contributed by atoms with Gasteiger partial charge in [0, 0.05) is 0 Å². The van der Waals surface area contributed by atoms with Crippen LogP contribution in [0.15, 0.2) is 23.8 Å². The normalized spacial score (nSPS) is 28.2. The van der Waals surface area contributed by atoms with E-state index in [1.165, 1.54) is 14.2 Å². The summed E-state index contributed by atoms with van der Waals surface area (Å²) in [5, 5.41) is 0. The van der Waals surface area contributed by atoms with Crippen LogP contribution in [0.3, 0.4) is 0 Å². The van der Waals surface area contributed by atoms with Crippen molar-refractivity contribution in [2.24, 2.45) is 17.8 Å². The average molecular weight is 266 g/mol. The highest BCUT2D eigenvalue weighted by Crippen LogP contribution is 2.37. The van der Waals surface area contributed by atoms with Gasteiger partial charge in [-0.3, -0.25) is 9.59 Å². The fraction of sp³-hybridized carbons (Fsp3) is 0.600. The van der Waals surface area contributed by atoms with Gasteiger partial charge in [0.2, 0.25) is 0 Å². The number of hydrogen-bond donors (Lipinski definition) is 0. The van der Waals surface area contributed by atoms with E-state index in [1.807, 2.05) is 25.2 Å². The van der Waals surface area contributed by atoms with E-state index in [0.29, 0.717) is 0 Å². The van der Waals surface area contributed by atoms with E-state index in [4.69, 9.17) is 9.47 Å². The molecule has 3 atom stereocenters. The van der Waals surface area contributed by atoms with E-state index in [1.54, 1.807) is 0 Å². The lowest BCUT2D eigenvalue weighted by Crippen LogP contribution is -2.39. The second kappa shape index (κ2) is 7.12. The minimum absolute atomic E-state index is 0.0187. The predicted molar refractivity (Wildman–Crippen MR) is 72.3 cm³/mol. The number of ether oxygens (including phenoxy) is 2. The van der Waals surface area contributed by atoms with Crippen LogP contribution in [0, 0.1) is 17.8 Å². The lowest BCUT2D eigenvalue weighted by atomic mass is 9.71. The first kappa shape index (κ1) is 15.5. The van der Waals surface area contributed by atoms with Crippen LogP contribution < -0.4 is 0 Å². The van der Waals surface area contributed by atoms with Crippen LogP contribution in [0.4, 0.5) is 0 Å². The quantitative estimate of drug-likeness (QED) is 0.734. The van der Waals surface area contributed by atoms with E-state index in [-0.39, 0.29) is 17.9 Å². The van der Waals surface area contributed by atoms with Gasteiger partial charge < -0.3 is 9.47 Å². The zero-order chi connectivity index (χ0) is 14.4. The van der Waals surface area contributed by atoms with Gasteiger partial charge in [0.05, 0.1) is 26.1 Å². The third kappa shape index (κ3) is 3.25. The van der Waals surface area contributed by atoms with Crippen LogP contribution in [0.1, 0.15) is 26.7 Å². The predicted octanol–water partition coefficient (Wildman–Crippen LogP) is 2.50. The summed E-state index contributed by atoms with van der Waals surface area (Å²) in [6.45, 7) is 3.91. The van der Waals surface area contributed by atoms with E-state index in [2.05, 4.69) is 6.92 Å². The van der Waals surface area contributed by atoms with Gasteiger partial charge in [0.1, 0.15) is 0 Å². The molecule has 0 aromatic heterocycles. The van der Waals surface area contributed by atoms with Crippen LogP contribution in [-0.2, 0) is 19.1 Å². The topological polar surface area (TPSA) is 52.6 Å². The Hall–Kier alpha value is -1.58. The lowest BCUT2D eigenvalue weighted by Gasteiger charge is -2.32. The minimum atomic E-state index is -0.566. The third-order valence-electron chi connectivity index (χ3n) is 3.60. The zero-order valence-electron chi connectivity index (χ0n) is 12.0. The molecule has 0 spiro atoms. The Labute approximate surface area is 114 Å². The summed E-state index contributed by atoms with van der Waals surface area (Å²) < 4.78 is 9.73. The van der Waals surface area contributed by atoms with Gasteiger partial charge in [0.25, 0.3) is 0 Å². The summed E-state index contributed by atoms with van der Waals surface area (Å²) >= 11 is 0. The molecule has 106 valence electrons. The van der Waals surface area contributed by atoms with Crippen molar-refractivity contribution in [2.75, 3.05) is 14.2 Å². The van der Waals surface area contributed by atoms with Crippen LogP contribution >= 0.6 is 0 Å². The zero-order valence-corrected chi connectivity index (χ0v) is 12.0. The molecule has 4 heteroatoms. The van der Waals surface area contributed by atoms with Crippen molar-refractivity contribution >= 4 is 11.9 Å². The monoisotopic (exact) mass is 266 g/mol. The molecule has 19 heavy (non-hydrogen) atoms. The van der Waals surface area contributed by atoms with Crippen LogP contribution in [0.2, 0.25) is 0 Å². The molecule has 0 fully saturated rings. The fourth-order valence-corrected chi connectivity index (χ4v) is 2.65. The Bertz CT molecular complexity index is 395. The van der Waals surface area contributed by atoms with Crippen LogP contribution in [0.25, 0.3) is 0 Å². The summed E-state index contributed by atoms with van der Waals surface area (Å²) in [4.78, 5) is 24.1. The van der Waals surface area contributed by atoms with Crippen LogP contribution in [0.5, 0.6) is 0 Å². The van der Waals surface area contributed by atoms with Gasteiger partial charge in [-0.2, -0.15) is 0 Å². The molecule has 0 aromatic rings. The highest BCUT2D eigenvalue weighted by atomic mass is 16.5. The Morgan fingerprint density at radius 1 is 1.26 bits per heavy atom. The molecular formula is C15H22O4. The molecule has 0 N–H and O–H groups in total. The third-order valence-corrected chi connectivity index (χ3v) is 3.60. The summed E-state index contributed by atoms with van der Waals surface area (Å²) in [5.41, 5.74) is 0.814. The molecule has 4 nitrogen and oxygen atoms in total. The first-order chi connectivity index (χ1) is 9.10. The Morgan fingerprint density at radius 2 is 1.89 bits per heavy atom. The molecule has 0 amide bonds. The second-order valence-corrected chi connectivity index (χ2v) is 4.65. The number of hydrogen-bond acceptors (Lipinski definition) is 4. The largest absolute Gasteiger partial charge is 0.469 e. The molecule has 0 saturated carbocycles. The number of rotatable bonds is 4. The first-order valence-electron chi connectivity index (χ1n) is 6.60. The van der Waals surface area contributed by atoms with Crippen molar-refractivity contribution in [3.05, 3.63) is 23.8 Å². The fourth-order valence-electron chi connectivity index (χ4n) is 2.65. The molecule has 0 aliphatic heterocycles. The average Bonchev–Trinajstić information content (AvgIpc) is 2.45. The van der Waals surface area contributed by atoms with E-state index in [0.717, 1.165) is 18.4 Å². The first-order valence-corrected chi connectivity index (χ1v) is 6.60. The molecule has 0 bridgehead atoms. The van der Waals surface area contributed by atoms with E-state index < -0.39 is 11.8 Å². The maximum atomic E-state index is 12.1. The summed E-state index contributed by atoms with van der Waals surface area (Å²) in [7, 11) is 2.70.